The van der Waals surface area contributed by atoms with Crippen LogP contribution in [0.3, 0.4) is 0 Å². The van der Waals surface area contributed by atoms with Gasteiger partial charge < -0.3 is 19.7 Å². The number of carbonyl (C=O) groups excluding carboxylic acids is 1. The van der Waals surface area contributed by atoms with Gasteiger partial charge in [0.15, 0.2) is 21.3 Å². The molecule has 1 amide bonds. The SMILES string of the molecule is CN(CCC(=O)NCc1ccc2c(c1)OCO2)[C@@H]1CCS(=O)(=O)C1. The van der Waals surface area contributed by atoms with Gasteiger partial charge in [-0.25, -0.2) is 8.42 Å². The van der Waals surface area contributed by atoms with Gasteiger partial charge in [0.2, 0.25) is 12.7 Å². The predicted octanol–water partition coefficient (Wildman–Crippen LogP) is 0.540. The Labute approximate surface area is 141 Å². The minimum Gasteiger partial charge on any atom is -0.454 e. The molecule has 2 heterocycles. The first-order chi connectivity index (χ1) is 11.4. The number of fused-ring (bicyclic) bond motifs is 1. The summed E-state index contributed by atoms with van der Waals surface area (Å²) in [5, 5.41) is 2.87. The summed E-state index contributed by atoms with van der Waals surface area (Å²) in [6.07, 6.45) is 0.995. The van der Waals surface area contributed by atoms with E-state index in [9.17, 15) is 13.2 Å². The molecule has 8 heteroatoms. The average Bonchev–Trinajstić information content (AvgIpc) is 3.15. The summed E-state index contributed by atoms with van der Waals surface area (Å²) in [6, 6.07) is 5.61. The molecule has 0 radical (unpaired) electrons. The first kappa shape index (κ1) is 17.0. The van der Waals surface area contributed by atoms with Gasteiger partial charge in [-0.05, 0) is 31.2 Å². The van der Waals surface area contributed by atoms with E-state index < -0.39 is 9.84 Å². The van der Waals surface area contributed by atoms with E-state index in [-0.39, 0.29) is 30.2 Å². The van der Waals surface area contributed by atoms with E-state index in [0.717, 1.165) is 11.3 Å². The zero-order chi connectivity index (χ0) is 17.2. The van der Waals surface area contributed by atoms with Crippen LogP contribution >= 0.6 is 0 Å². The fraction of sp³-hybridized carbons (Fsp3) is 0.562. The fourth-order valence-corrected chi connectivity index (χ4v) is 4.73. The van der Waals surface area contributed by atoms with E-state index in [1.165, 1.54) is 0 Å². The number of ether oxygens (including phenoxy) is 2. The summed E-state index contributed by atoms with van der Waals surface area (Å²) in [5.41, 5.74) is 0.947. The zero-order valence-corrected chi connectivity index (χ0v) is 14.5. The zero-order valence-electron chi connectivity index (χ0n) is 13.7. The Kier molecular flexibility index (Phi) is 4.96. The quantitative estimate of drug-likeness (QED) is 0.803. The predicted molar refractivity (Wildman–Crippen MR) is 88.7 cm³/mol. The standard InChI is InChI=1S/C16H22N2O5S/c1-18(13-5-7-24(20,21)10-13)6-4-16(19)17-9-12-2-3-14-15(8-12)23-11-22-14/h2-3,8,13H,4-7,9-11H2,1H3,(H,17,19)/t13-/m1/s1. The lowest BCUT2D eigenvalue weighted by molar-refractivity contribution is -0.121. The van der Waals surface area contributed by atoms with Crippen LogP contribution < -0.4 is 14.8 Å². The summed E-state index contributed by atoms with van der Waals surface area (Å²) in [6.45, 7) is 1.21. The number of benzene rings is 1. The molecule has 132 valence electrons. The van der Waals surface area contributed by atoms with Crippen molar-refractivity contribution in [2.45, 2.75) is 25.4 Å². The van der Waals surface area contributed by atoms with Gasteiger partial charge in [-0.15, -0.1) is 0 Å². The van der Waals surface area contributed by atoms with Crippen LogP contribution in [0.25, 0.3) is 0 Å². The van der Waals surface area contributed by atoms with Gasteiger partial charge in [0.1, 0.15) is 0 Å². The molecule has 1 fully saturated rings. The van der Waals surface area contributed by atoms with Gasteiger partial charge >= 0.3 is 0 Å². The normalized spacial score (nSPS) is 21.2. The van der Waals surface area contributed by atoms with Crippen LogP contribution in [0.15, 0.2) is 18.2 Å². The maximum atomic E-state index is 12.0. The van der Waals surface area contributed by atoms with Gasteiger partial charge in [0.25, 0.3) is 0 Å². The molecule has 1 N–H and O–H groups in total. The second-order valence-electron chi connectivity index (χ2n) is 6.25. The highest BCUT2D eigenvalue weighted by Gasteiger charge is 2.30. The van der Waals surface area contributed by atoms with Gasteiger partial charge in [0, 0.05) is 25.6 Å². The maximum absolute atomic E-state index is 12.0. The molecule has 1 saturated heterocycles. The first-order valence-electron chi connectivity index (χ1n) is 7.99. The lowest BCUT2D eigenvalue weighted by Gasteiger charge is -2.22. The highest BCUT2D eigenvalue weighted by molar-refractivity contribution is 7.91. The monoisotopic (exact) mass is 354 g/mol. The minimum absolute atomic E-state index is 0.0247. The van der Waals surface area contributed by atoms with Crippen molar-refractivity contribution >= 4 is 15.7 Å². The Morgan fingerprint density at radius 1 is 1.33 bits per heavy atom. The highest BCUT2D eigenvalue weighted by Crippen LogP contribution is 2.32. The van der Waals surface area contributed by atoms with Crippen molar-refractivity contribution in [2.75, 3.05) is 31.9 Å². The molecule has 1 aromatic rings. The number of hydrogen-bond donors (Lipinski definition) is 1. The van der Waals surface area contributed by atoms with E-state index in [0.29, 0.717) is 31.7 Å². The van der Waals surface area contributed by atoms with Crippen molar-refractivity contribution in [3.63, 3.8) is 0 Å². The van der Waals surface area contributed by atoms with Crippen LogP contribution in [0.4, 0.5) is 0 Å². The van der Waals surface area contributed by atoms with Crippen molar-refractivity contribution in [3.05, 3.63) is 23.8 Å². The number of sulfone groups is 1. The first-order valence-corrected chi connectivity index (χ1v) is 9.81. The Hall–Kier alpha value is -1.80. The minimum atomic E-state index is -2.89. The summed E-state index contributed by atoms with van der Waals surface area (Å²) in [7, 11) is -1.02. The van der Waals surface area contributed by atoms with Crippen molar-refractivity contribution in [1.29, 1.82) is 0 Å². The molecule has 0 bridgehead atoms. The maximum Gasteiger partial charge on any atom is 0.231 e. The molecule has 2 aliphatic rings. The highest BCUT2D eigenvalue weighted by atomic mass is 32.2. The second-order valence-corrected chi connectivity index (χ2v) is 8.48. The third kappa shape index (κ3) is 4.18. The third-order valence-electron chi connectivity index (χ3n) is 4.45. The van der Waals surface area contributed by atoms with Gasteiger partial charge in [-0.1, -0.05) is 6.07 Å². The van der Waals surface area contributed by atoms with Crippen molar-refractivity contribution in [1.82, 2.24) is 10.2 Å². The third-order valence-corrected chi connectivity index (χ3v) is 6.20. The van der Waals surface area contributed by atoms with Crippen LogP contribution in [-0.4, -0.2) is 57.2 Å². The smallest absolute Gasteiger partial charge is 0.231 e. The van der Waals surface area contributed by atoms with Crippen LogP contribution in [0.1, 0.15) is 18.4 Å². The largest absolute Gasteiger partial charge is 0.454 e. The molecular weight excluding hydrogens is 332 g/mol. The molecular formula is C16H22N2O5S. The number of nitrogens with zero attached hydrogens (tertiary/aromatic N) is 1. The van der Waals surface area contributed by atoms with E-state index in [4.69, 9.17) is 9.47 Å². The van der Waals surface area contributed by atoms with Crippen LogP contribution in [0.5, 0.6) is 11.5 Å². The average molecular weight is 354 g/mol. The molecule has 1 aromatic carbocycles. The summed E-state index contributed by atoms with van der Waals surface area (Å²) in [5.74, 6) is 1.81. The fourth-order valence-electron chi connectivity index (χ4n) is 2.92. The molecule has 1 atom stereocenters. The van der Waals surface area contributed by atoms with Gasteiger partial charge in [-0.2, -0.15) is 0 Å². The Morgan fingerprint density at radius 3 is 2.88 bits per heavy atom. The molecule has 0 unspecified atom stereocenters. The number of amides is 1. The van der Waals surface area contributed by atoms with E-state index >= 15 is 0 Å². The Morgan fingerprint density at radius 2 is 2.12 bits per heavy atom. The number of nitrogens with one attached hydrogen (secondary N) is 1. The molecule has 7 nitrogen and oxygen atoms in total. The molecule has 0 aliphatic carbocycles. The number of carbonyl (C=O) groups is 1. The van der Waals surface area contributed by atoms with E-state index in [1.54, 1.807) is 0 Å². The molecule has 0 aromatic heterocycles. The lowest BCUT2D eigenvalue weighted by atomic mass is 10.2. The summed E-state index contributed by atoms with van der Waals surface area (Å²) < 4.78 is 33.6. The Bertz CT molecular complexity index is 719. The molecule has 0 spiro atoms. The number of rotatable bonds is 6. The molecule has 0 saturated carbocycles. The van der Waals surface area contributed by atoms with Gasteiger partial charge in [-0.3, -0.25) is 4.79 Å². The molecule has 2 aliphatic heterocycles. The van der Waals surface area contributed by atoms with E-state index in [1.807, 2.05) is 30.1 Å². The second kappa shape index (κ2) is 6.98. The molecule has 24 heavy (non-hydrogen) atoms. The van der Waals surface area contributed by atoms with Crippen molar-refractivity contribution in [3.8, 4) is 11.5 Å². The summed E-state index contributed by atoms with van der Waals surface area (Å²) >= 11 is 0. The lowest BCUT2D eigenvalue weighted by Crippen LogP contribution is -2.36. The van der Waals surface area contributed by atoms with Crippen LogP contribution in [0.2, 0.25) is 0 Å². The van der Waals surface area contributed by atoms with E-state index in [2.05, 4.69) is 5.32 Å². The summed E-state index contributed by atoms with van der Waals surface area (Å²) in [4.78, 5) is 13.9. The Balaban J connectivity index is 1.41. The van der Waals surface area contributed by atoms with Crippen molar-refractivity contribution in [2.24, 2.45) is 0 Å². The van der Waals surface area contributed by atoms with Crippen molar-refractivity contribution < 1.29 is 22.7 Å². The molecule has 3 rings (SSSR count). The van der Waals surface area contributed by atoms with Gasteiger partial charge in [0.05, 0.1) is 11.5 Å². The van der Waals surface area contributed by atoms with Crippen LogP contribution in [0, 0.1) is 0 Å². The number of hydrogen-bond acceptors (Lipinski definition) is 6. The topological polar surface area (TPSA) is 84.9 Å². The van der Waals surface area contributed by atoms with Crippen LogP contribution in [-0.2, 0) is 21.2 Å².